The molecule has 0 bridgehead atoms. The smallest absolute Gasteiger partial charge is 0.330 e. The summed E-state index contributed by atoms with van der Waals surface area (Å²) in [6, 6.07) is 21.3. The molecular weight excluding hydrogens is 417 g/mol. The van der Waals surface area contributed by atoms with Crippen molar-refractivity contribution in [2.75, 3.05) is 6.61 Å². The van der Waals surface area contributed by atoms with Gasteiger partial charge in [-0.2, -0.15) is 0 Å². The van der Waals surface area contributed by atoms with Gasteiger partial charge in [-0.25, -0.2) is 4.79 Å². The molecule has 1 heterocycles. The van der Waals surface area contributed by atoms with Crippen molar-refractivity contribution >= 4 is 30.8 Å². The maximum Gasteiger partial charge on any atom is 0.330 e. The van der Waals surface area contributed by atoms with E-state index in [1.165, 1.54) is 27.8 Å². The van der Waals surface area contributed by atoms with Gasteiger partial charge < -0.3 is 4.74 Å². The molecule has 5 heteroatoms. The molecule has 0 radical (unpaired) electrons. The summed E-state index contributed by atoms with van der Waals surface area (Å²) < 4.78 is 5.06. The molecule has 156 valence electrons. The maximum atomic E-state index is 11.9. The minimum atomic E-state index is -0.291. The monoisotopic (exact) mass is 441 g/mol. The molecule has 0 aliphatic heterocycles. The minimum Gasteiger partial charge on any atom is -0.463 e. The van der Waals surface area contributed by atoms with Crippen LogP contribution in [0.1, 0.15) is 30.0 Å². The van der Waals surface area contributed by atoms with Gasteiger partial charge in [0.15, 0.2) is 0 Å². The quantitative estimate of drug-likeness (QED) is 0.350. The van der Waals surface area contributed by atoms with Gasteiger partial charge in [-0.05, 0) is 59.7 Å². The predicted molar refractivity (Wildman–Crippen MR) is 125 cm³/mol. The number of nitrogens with zero attached hydrogens (tertiary/aromatic N) is 1. The normalized spacial score (nSPS) is 13.0. The van der Waals surface area contributed by atoms with E-state index in [1.807, 2.05) is 25.4 Å². The van der Waals surface area contributed by atoms with Crippen molar-refractivity contribution in [1.29, 1.82) is 0 Å². The van der Waals surface area contributed by atoms with Gasteiger partial charge in [-0.3, -0.25) is 4.98 Å². The van der Waals surface area contributed by atoms with Crippen LogP contribution in [-0.4, -0.2) is 17.6 Å². The van der Waals surface area contributed by atoms with Crippen molar-refractivity contribution in [1.82, 2.24) is 4.98 Å². The van der Waals surface area contributed by atoms with E-state index in [9.17, 15) is 4.79 Å². The Hall–Kier alpha value is -2.62. The summed E-state index contributed by atoms with van der Waals surface area (Å²) in [5, 5.41) is 0. The highest BCUT2D eigenvalue weighted by atomic mass is 35.5. The Bertz CT molecular complexity index is 973. The second-order valence-electron chi connectivity index (χ2n) is 7.06. The number of rotatable bonds is 6. The Morgan fingerprint density at radius 2 is 1.50 bits per heavy atom. The van der Waals surface area contributed by atoms with Crippen molar-refractivity contribution in [2.24, 2.45) is 0 Å². The third-order valence-electron chi connectivity index (χ3n) is 5.44. The third-order valence-corrected chi connectivity index (χ3v) is 5.44. The number of ether oxygens (including phenoxy) is 1. The number of carbonyl (C=O) groups is 1. The molecule has 30 heavy (non-hydrogen) atoms. The number of halogens is 2. The van der Waals surface area contributed by atoms with Crippen LogP contribution in [0.15, 0.2) is 85.2 Å². The van der Waals surface area contributed by atoms with Crippen molar-refractivity contribution < 1.29 is 9.53 Å². The predicted octanol–water partition coefficient (Wildman–Crippen LogP) is 5.94. The number of hydrogen-bond acceptors (Lipinski definition) is 3. The summed E-state index contributed by atoms with van der Waals surface area (Å²) in [4.78, 5) is 16.0. The second-order valence-corrected chi connectivity index (χ2v) is 7.06. The molecule has 3 nitrogen and oxygen atoms in total. The van der Waals surface area contributed by atoms with E-state index in [2.05, 4.69) is 65.6 Å². The van der Waals surface area contributed by atoms with Gasteiger partial charge in [-0.1, -0.05) is 54.6 Å². The average molecular weight is 442 g/mol. The molecule has 0 atom stereocenters. The van der Waals surface area contributed by atoms with Gasteiger partial charge in [0.2, 0.25) is 0 Å². The number of aromatic nitrogens is 1. The molecule has 1 aromatic heterocycles. The van der Waals surface area contributed by atoms with Crippen LogP contribution in [-0.2, 0) is 21.4 Å². The molecule has 4 rings (SSSR count). The number of benzene rings is 2. The Balaban J connectivity index is 0.00000160. The first-order valence-corrected chi connectivity index (χ1v) is 9.66. The van der Waals surface area contributed by atoms with Gasteiger partial charge in [0.1, 0.15) is 0 Å². The first-order chi connectivity index (χ1) is 13.7. The highest BCUT2D eigenvalue weighted by molar-refractivity contribution is 5.86. The molecule has 3 aromatic rings. The largest absolute Gasteiger partial charge is 0.463 e. The molecule has 0 amide bonds. The second kappa shape index (κ2) is 10.4. The molecule has 0 fully saturated rings. The number of hydrogen-bond donors (Lipinski definition) is 0. The highest BCUT2D eigenvalue weighted by Gasteiger charge is 2.42. The minimum absolute atomic E-state index is 0. The zero-order valence-corrected chi connectivity index (χ0v) is 18.4. The standard InChI is InChI=1S/C25H23NO2.2ClH/c1-2-28-24(27)12-7-15-25(18-19-13-16-26-17-14-19)22-10-5-3-8-20(22)21-9-4-6-11-23(21)25;;/h3-14,16-17H,2,15,18H2,1H3;2*1H/b12-7+;;. The molecule has 0 N–H and O–H groups in total. The molecule has 1 aliphatic carbocycles. The number of carbonyl (C=O) groups excluding carboxylic acids is 1. The van der Waals surface area contributed by atoms with Crippen LogP contribution in [0, 0.1) is 0 Å². The summed E-state index contributed by atoms with van der Waals surface area (Å²) in [6.45, 7) is 2.21. The Morgan fingerprint density at radius 3 is 2.07 bits per heavy atom. The first-order valence-electron chi connectivity index (χ1n) is 9.66. The van der Waals surface area contributed by atoms with Gasteiger partial charge in [-0.15, -0.1) is 24.8 Å². The summed E-state index contributed by atoms with van der Waals surface area (Å²) in [7, 11) is 0. The average Bonchev–Trinajstić information content (AvgIpc) is 3.00. The fourth-order valence-corrected chi connectivity index (χ4v) is 4.29. The lowest BCUT2D eigenvalue weighted by molar-refractivity contribution is -0.137. The molecule has 0 spiro atoms. The number of pyridine rings is 1. The van der Waals surface area contributed by atoms with Crippen LogP contribution < -0.4 is 0 Å². The molecule has 0 saturated heterocycles. The maximum absolute atomic E-state index is 11.9. The van der Waals surface area contributed by atoms with Gasteiger partial charge >= 0.3 is 5.97 Å². The van der Waals surface area contributed by atoms with E-state index in [0.717, 1.165) is 12.8 Å². The zero-order valence-electron chi connectivity index (χ0n) is 16.8. The topological polar surface area (TPSA) is 39.2 Å². The van der Waals surface area contributed by atoms with E-state index >= 15 is 0 Å². The van der Waals surface area contributed by atoms with Crippen LogP contribution >= 0.6 is 24.8 Å². The lowest BCUT2D eigenvalue weighted by atomic mass is 9.71. The third kappa shape index (κ3) is 4.43. The van der Waals surface area contributed by atoms with E-state index in [-0.39, 0.29) is 36.2 Å². The molecule has 1 aliphatic rings. The zero-order chi connectivity index (χ0) is 19.4. The summed E-state index contributed by atoms with van der Waals surface area (Å²) in [6.07, 6.45) is 8.76. The fourth-order valence-electron chi connectivity index (χ4n) is 4.29. The molecule has 2 aromatic carbocycles. The molecule has 0 saturated carbocycles. The van der Waals surface area contributed by atoms with E-state index in [0.29, 0.717) is 6.61 Å². The van der Waals surface area contributed by atoms with Crippen LogP contribution in [0.2, 0.25) is 0 Å². The molecule has 0 unspecified atom stereocenters. The fraction of sp³-hybridized carbons (Fsp3) is 0.200. The number of allylic oxidation sites excluding steroid dienone is 1. The van der Waals surface area contributed by atoms with Crippen molar-refractivity contribution in [3.05, 3.63) is 102 Å². The lowest BCUT2D eigenvalue weighted by Gasteiger charge is -2.31. The summed E-state index contributed by atoms with van der Waals surface area (Å²) >= 11 is 0. The van der Waals surface area contributed by atoms with E-state index < -0.39 is 0 Å². The summed E-state index contributed by atoms with van der Waals surface area (Å²) in [5.74, 6) is -0.291. The number of fused-ring (bicyclic) bond motifs is 3. The summed E-state index contributed by atoms with van der Waals surface area (Å²) in [5.41, 5.74) is 6.17. The Morgan fingerprint density at radius 1 is 0.933 bits per heavy atom. The lowest BCUT2D eigenvalue weighted by Crippen LogP contribution is -2.27. The van der Waals surface area contributed by atoms with Crippen molar-refractivity contribution in [3.63, 3.8) is 0 Å². The van der Waals surface area contributed by atoms with Crippen LogP contribution in [0.5, 0.6) is 0 Å². The van der Waals surface area contributed by atoms with Crippen molar-refractivity contribution in [2.45, 2.75) is 25.2 Å². The van der Waals surface area contributed by atoms with E-state index in [4.69, 9.17) is 4.74 Å². The van der Waals surface area contributed by atoms with Crippen LogP contribution in [0.25, 0.3) is 11.1 Å². The van der Waals surface area contributed by atoms with Crippen molar-refractivity contribution in [3.8, 4) is 11.1 Å². The molecular formula is C25H25Cl2NO2. The Labute approximate surface area is 190 Å². The Kier molecular flexibility index (Phi) is 8.22. The van der Waals surface area contributed by atoms with Crippen LogP contribution in [0.3, 0.4) is 0 Å². The van der Waals surface area contributed by atoms with E-state index in [1.54, 1.807) is 6.08 Å². The SMILES string of the molecule is CCOC(=O)/C=C/CC1(Cc2ccncc2)c2ccccc2-c2ccccc21.Cl.Cl. The first kappa shape index (κ1) is 23.7. The van der Waals surface area contributed by atoms with Gasteiger partial charge in [0.05, 0.1) is 6.61 Å². The highest BCUT2D eigenvalue weighted by Crippen LogP contribution is 2.52. The van der Waals surface area contributed by atoms with Crippen LogP contribution in [0.4, 0.5) is 0 Å². The van der Waals surface area contributed by atoms with Gasteiger partial charge in [0.25, 0.3) is 0 Å². The number of esters is 1. The van der Waals surface area contributed by atoms with Gasteiger partial charge in [0, 0.05) is 23.9 Å².